The van der Waals surface area contributed by atoms with E-state index in [1.807, 2.05) is 96.1 Å². The van der Waals surface area contributed by atoms with Gasteiger partial charge in [-0.3, -0.25) is 0 Å². The van der Waals surface area contributed by atoms with Gasteiger partial charge in [0, 0.05) is 92.8 Å². The zero-order chi connectivity index (χ0) is 32.6. The molecule has 7 aromatic rings. The molecule has 4 aromatic heterocycles. The summed E-state index contributed by atoms with van der Waals surface area (Å²) < 4.78 is 21.3. The topological polar surface area (TPSA) is 71.1 Å². The number of imidazole rings is 2. The van der Waals surface area contributed by atoms with Crippen LogP contribution in [0.2, 0.25) is 0 Å². The number of halogens is 1. The lowest BCUT2D eigenvalue weighted by Crippen LogP contribution is -2.15. The maximum atomic E-state index is 12.1. The minimum atomic E-state index is -0.484. The highest BCUT2D eigenvalue weighted by Crippen LogP contribution is 2.25. The number of hydrogen-bond donors (Lipinski definition) is 2. The molecule has 0 unspecified atom stereocenters. The number of anilines is 3. The lowest BCUT2D eigenvalue weighted by molar-refractivity contribution is 0.273. The van der Waals surface area contributed by atoms with Crippen molar-refractivity contribution >= 4 is 28.4 Å². The molecule has 0 spiro atoms. The molecule has 9 heteroatoms. The molecule has 0 aliphatic rings. The zero-order valence-corrected chi connectivity index (χ0v) is 26.8. The van der Waals surface area contributed by atoms with Crippen molar-refractivity contribution in [3.8, 4) is 28.3 Å². The number of hydrogen-bond acceptors (Lipinski definition) is 6. The Kier molecular flexibility index (Phi) is 9.62. The van der Waals surface area contributed by atoms with Gasteiger partial charge < -0.3 is 29.1 Å². The standard InChI is InChI=1S/C22H22N4.C16H16FN3O/c1-23-19-12-13-26-16-21(24-22(26)14-19)18-8-10-20(11-9-18)25(2)15-17-6-4-3-5-7-17;1-18-13-6-8-20-11-15(19-16(20)10-13)12-2-4-14(5-3-12)21-9-7-17/h3-14,16,23H,15H2,1-2H3;2-6,8,10-11,18H,7,9H2,1H3. The molecule has 7 rings (SSSR count). The zero-order valence-electron chi connectivity index (χ0n) is 26.8. The maximum Gasteiger partial charge on any atom is 0.139 e. The quantitative estimate of drug-likeness (QED) is 0.160. The van der Waals surface area contributed by atoms with Gasteiger partial charge in [-0.25, -0.2) is 14.4 Å². The van der Waals surface area contributed by atoms with Crippen molar-refractivity contribution in [1.82, 2.24) is 18.8 Å². The summed E-state index contributed by atoms with van der Waals surface area (Å²) in [5.41, 5.74) is 10.4. The lowest BCUT2D eigenvalue weighted by Gasteiger charge is -2.19. The second kappa shape index (κ2) is 14.5. The summed E-state index contributed by atoms with van der Waals surface area (Å²) in [4.78, 5) is 11.6. The Morgan fingerprint density at radius 2 is 1.23 bits per heavy atom. The van der Waals surface area contributed by atoms with E-state index < -0.39 is 6.67 Å². The van der Waals surface area contributed by atoms with Gasteiger partial charge in [-0.15, -0.1) is 0 Å². The summed E-state index contributed by atoms with van der Waals surface area (Å²) in [5, 5.41) is 6.24. The van der Waals surface area contributed by atoms with Crippen LogP contribution in [0.15, 0.2) is 128 Å². The Morgan fingerprint density at radius 1 is 0.702 bits per heavy atom. The molecule has 0 bridgehead atoms. The molecule has 0 saturated heterocycles. The van der Waals surface area contributed by atoms with E-state index in [1.165, 1.54) is 11.3 Å². The fourth-order valence-corrected chi connectivity index (χ4v) is 5.27. The average molecular weight is 628 g/mol. The fraction of sp³-hybridized carbons (Fsp3) is 0.158. The highest BCUT2D eigenvalue weighted by molar-refractivity contribution is 5.68. The molecule has 238 valence electrons. The van der Waals surface area contributed by atoms with E-state index in [9.17, 15) is 4.39 Å². The third kappa shape index (κ3) is 7.53. The summed E-state index contributed by atoms with van der Waals surface area (Å²) in [7, 11) is 5.92. The molecule has 0 amide bonds. The molecular weight excluding hydrogens is 589 g/mol. The van der Waals surface area contributed by atoms with E-state index >= 15 is 0 Å². The van der Waals surface area contributed by atoms with Crippen LogP contribution < -0.4 is 20.3 Å². The average Bonchev–Trinajstić information content (AvgIpc) is 3.75. The summed E-state index contributed by atoms with van der Waals surface area (Å²) in [6, 6.07) is 34.7. The second-order valence-corrected chi connectivity index (χ2v) is 11.1. The van der Waals surface area contributed by atoms with E-state index in [0.29, 0.717) is 5.75 Å². The van der Waals surface area contributed by atoms with E-state index in [0.717, 1.165) is 51.7 Å². The highest BCUT2D eigenvalue weighted by atomic mass is 19.1. The van der Waals surface area contributed by atoms with Crippen LogP contribution >= 0.6 is 0 Å². The van der Waals surface area contributed by atoms with E-state index in [2.05, 4.69) is 82.3 Å². The van der Waals surface area contributed by atoms with Crippen LogP contribution in [-0.4, -0.2) is 53.2 Å². The number of nitrogens with zero attached hydrogens (tertiary/aromatic N) is 5. The minimum absolute atomic E-state index is 0.0838. The van der Waals surface area contributed by atoms with Gasteiger partial charge in [-0.05, 0) is 54.1 Å². The monoisotopic (exact) mass is 627 g/mol. The number of fused-ring (bicyclic) bond motifs is 2. The molecule has 2 N–H and O–H groups in total. The predicted molar refractivity (Wildman–Crippen MR) is 190 cm³/mol. The van der Waals surface area contributed by atoms with Crippen LogP contribution in [0, 0.1) is 0 Å². The molecule has 0 aliphatic carbocycles. The Labute approximate surface area is 274 Å². The predicted octanol–water partition coefficient (Wildman–Crippen LogP) is 8.07. The van der Waals surface area contributed by atoms with Crippen LogP contribution in [0.1, 0.15) is 5.56 Å². The van der Waals surface area contributed by atoms with Crippen LogP contribution in [0.5, 0.6) is 5.75 Å². The Bertz CT molecular complexity index is 2040. The van der Waals surface area contributed by atoms with Crippen molar-refractivity contribution in [3.05, 3.63) is 133 Å². The van der Waals surface area contributed by atoms with Crippen LogP contribution in [0.3, 0.4) is 0 Å². The third-order valence-corrected chi connectivity index (χ3v) is 7.86. The molecule has 8 nitrogen and oxygen atoms in total. The van der Waals surface area contributed by atoms with Gasteiger partial charge in [-0.2, -0.15) is 0 Å². The van der Waals surface area contributed by atoms with Gasteiger partial charge >= 0.3 is 0 Å². The minimum Gasteiger partial charge on any atom is -0.491 e. The molecular formula is C38H38FN7O. The van der Waals surface area contributed by atoms with E-state index in [-0.39, 0.29) is 6.61 Å². The Hall–Kier alpha value is -5.83. The smallest absolute Gasteiger partial charge is 0.139 e. The first-order valence-corrected chi connectivity index (χ1v) is 15.5. The molecule has 0 fully saturated rings. The van der Waals surface area contributed by atoms with Crippen molar-refractivity contribution in [1.29, 1.82) is 0 Å². The third-order valence-electron chi connectivity index (χ3n) is 7.86. The second-order valence-electron chi connectivity index (χ2n) is 11.1. The number of benzene rings is 3. The van der Waals surface area contributed by atoms with Crippen molar-refractivity contribution in [2.45, 2.75) is 6.54 Å². The molecule has 0 atom stereocenters. The lowest BCUT2D eigenvalue weighted by atomic mass is 10.1. The molecule has 0 radical (unpaired) electrons. The number of nitrogens with one attached hydrogen (secondary N) is 2. The highest BCUT2D eigenvalue weighted by Gasteiger charge is 2.08. The SMILES string of the molecule is CNc1ccn2cc(-c3ccc(N(C)Cc4ccccc4)cc3)nc2c1.CNc1ccn2cc(-c3ccc(OCCF)cc3)nc2c1. The number of ether oxygens (including phenoxy) is 1. The van der Waals surface area contributed by atoms with Crippen molar-refractivity contribution < 1.29 is 9.13 Å². The van der Waals surface area contributed by atoms with Gasteiger partial charge in [0.2, 0.25) is 0 Å². The van der Waals surface area contributed by atoms with Gasteiger partial charge in [-0.1, -0.05) is 42.5 Å². The maximum absolute atomic E-state index is 12.1. The van der Waals surface area contributed by atoms with Gasteiger partial charge in [0.1, 0.15) is 30.3 Å². The number of rotatable bonds is 10. The number of aromatic nitrogens is 4. The molecule has 3 aromatic carbocycles. The molecule has 4 heterocycles. The summed E-state index contributed by atoms with van der Waals surface area (Å²) in [5.74, 6) is 0.664. The van der Waals surface area contributed by atoms with Crippen molar-refractivity contribution in [2.24, 2.45) is 0 Å². The largest absolute Gasteiger partial charge is 0.491 e. The first kappa shape index (κ1) is 31.2. The summed E-state index contributed by atoms with van der Waals surface area (Å²) in [6.45, 7) is 0.490. The van der Waals surface area contributed by atoms with E-state index in [1.54, 1.807) is 0 Å². The van der Waals surface area contributed by atoms with Crippen LogP contribution in [0.4, 0.5) is 21.5 Å². The Morgan fingerprint density at radius 3 is 1.74 bits per heavy atom. The first-order chi connectivity index (χ1) is 23.0. The normalized spacial score (nSPS) is 10.8. The number of alkyl halides is 1. The Balaban J connectivity index is 0.000000168. The summed E-state index contributed by atoms with van der Waals surface area (Å²) in [6.07, 6.45) is 8.04. The van der Waals surface area contributed by atoms with Gasteiger partial charge in [0.15, 0.2) is 0 Å². The summed E-state index contributed by atoms with van der Waals surface area (Å²) >= 11 is 0. The fourth-order valence-electron chi connectivity index (χ4n) is 5.27. The molecule has 0 aliphatic heterocycles. The molecule has 0 saturated carbocycles. The number of pyridine rings is 2. The molecule has 47 heavy (non-hydrogen) atoms. The van der Waals surface area contributed by atoms with E-state index in [4.69, 9.17) is 9.72 Å². The van der Waals surface area contributed by atoms with Crippen LogP contribution in [0.25, 0.3) is 33.8 Å². The van der Waals surface area contributed by atoms with Gasteiger partial charge in [0.05, 0.1) is 11.4 Å². The van der Waals surface area contributed by atoms with Gasteiger partial charge in [0.25, 0.3) is 0 Å². The van der Waals surface area contributed by atoms with Crippen LogP contribution in [-0.2, 0) is 6.54 Å². The van der Waals surface area contributed by atoms with Crippen molar-refractivity contribution in [3.63, 3.8) is 0 Å². The first-order valence-electron chi connectivity index (χ1n) is 15.5. The van der Waals surface area contributed by atoms with Crippen molar-refractivity contribution in [2.75, 3.05) is 50.0 Å².